The number of amides is 2. The number of ether oxygens (including phenoxy) is 1. The molecule has 3 rings (SSSR count). The van der Waals surface area contributed by atoms with Crippen LogP contribution in [-0.2, 0) is 5.88 Å². The molecule has 4 nitrogen and oxygen atoms in total. The zero-order valence-corrected chi connectivity index (χ0v) is 13.1. The van der Waals surface area contributed by atoms with Crippen molar-refractivity contribution in [3.05, 3.63) is 54.1 Å². The molecule has 1 fully saturated rings. The van der Waals surface area contributed by atoms with Crippen molar-refractivity contribution < 1.29 is 9.53 Å². The second-order valence-corrected chi connectivity index (χ2v) is 5.32. The van der Waals surface area contributed by atoms with Gasteiger partial charge in [0, 0.05) is 36.4 Å². The summed E-state index contributed by atoms with van der Waals surface area (Å²) in [4.78, 5) is 16.3. The Bertz CT molecular complexity index is 690. The molecular formula is C17H17ClN2O2. The lowest BCUT2D eigenvalue weighted by molar-refractivity contribution is 0.256. The Morgan fingerprint density at radius 3 is 2.64 bits per heavy atom. The van der Waals surface area contributed by atoms with Crippen molar-refractivity contribution in [1.29, 1.82) is 0 Å². The number of rotatable bonds is 4. The topological polar surface area (TPSA) is 32.8 Å². The molecule has 0 unspecified atom stereocenters. The van der Waals surface area contributed by atoms with Crippen LogP contribution in [0, 0.1) is 0 Å². The monoisotopic (exact) mass is 316 g/mol. The predicted molar refractivity (Wildman–Crippen MR) is 89.1 cm³/mol. The largest absolute Gasteiger partial charge is 0.497 e. The Balaban J connectivity index is 1.88. The van der Waals surface area contributed by atoms with Gasteiger partial charge in [-0.2, -0.15) is 0 Å². The number of nitrogens with zero attached hydrogens (tertiary/aromatic N) is 2. The first-order valence-corrected chi connectivity index (χ1v) is 7.65. The van der Waals surface area contributed by atoms with E-state index < -0.39 is 0 Å². The van der Waals surface area contributed by atoms with Crippen LogP contribution < -0.4 is 14.5 Å². The van der Waals surface area contributed by atoms with Gasteiger partial charge in [0.1, 0.15) is 5.75 Å². The van der Waals surface area contributed by atoms with E-state index in [0.29, 0.717) is 19.0 Å². The lowest BCUT2D eigenvalue weighted by Crippen LogP contribution is -2.32. The molecule has 114 valence electrons. The van der Waals surface area contributed by atoms with Crippen LogP contribution in [0.2, 0.25) is 0 Å². The quantitative estimate of drug-likeness (QED) is 0.802. The van der Waals surface area contributed by atoms with E-state index in [-0.39, 0.29) is 6.03 Å². The molecular weight excluding hydrogens is 300 g/mol. The van der Waals surface area contributed by atoms with E-state index >= 15 is 0 Å². The molecule has 2 amide bonds. The number of anilines is 2. The molecule has 0 spiro atoms. The van der Waals surface area contributed by atoms with Gasteiger partial charge >= 0.3 is 6.03 Å². The summed E-state index contributed by atoms with van der Waals surface area (Å²) in [5.74, 6) is 1.13. The van der Waals surface area contributed by atoms with E-state index in [2.05, 4.69) is 0 Å². The van der Waals surface area contributed by atoms with Gasteiger partial charge in [-0.05, 0) is 23.8 Å². The number of carbonyl (C=O) groups is 1. The molecule has 1 heterocycles. The first kappa shape index (κ1) is 14.7. The molecule has 0 radical (unpaired) electrons. The Hall–Kier alpha value is -2.20. The second kappa shape index (κ2) is 6.28. The highest BCUT2D eigenvalue weighted by Gasteiger charge is 2.31. The molecule has 0 N–H and O–H groups in total. The molecule has 0 atom stereocenters. The third-order valence-electron chi connectivity index (χ3n) is 3.80. The maximum atomic E-state index is 12.7. The first-order valence-electron chi connectivity index (χ1n) is 7.11. The second-order valence-electron chi connectivity index (χ2n) is 5.05. The number of hydrogen-bond donors (Lipinski definition) is 0. The van der Waals surface area contributed by atoms with Crippen LogP contribution >= 0.6 is 11.6 Å². The standard InChI is InChI=1S/C17H17ClN2O2/c1-22-15-7-4-6-14(11-15)19-9-10-20(17(19)21)16-8-3-2-5-13(16)12-18/h2-8,11H,9-10,12H2,1H3. The molecule has 2 aromatic rings. The summed E-state index contributed by atoms with van der Waals surface area (Å²) in [6, 6.07) is 15.2. The summed E-state index contributed by atoms with van der Waals surface area (Å²) >= 11 is 5.98. The summed E-state index contributed by atoms with van der Waals surface area (Å²) in [6.07, 6.45) is 0. The molecule has 0 aliphatic carbocycles. The average molecular weight is 317 g/mol. The van der Waals surface area contributed by atoms with E-state index in [1.165, 1.54) is 0 Å². The van der Waals surface area contributed by atoms with Gasteiger partial charge in [0.25, 0.3) is 0 Å². The number of urea groups is 1. The van der Waals surface area contributed by atoms with Crippen LogP contribution in [-0.4, -0.2) is 26.2 Å². The van der Waals surface area contributed by atoms with Crippen molar-refractivity contribution in [2.45, 2.75) is 5.88 Å². The fourth-order valence-electron chi connectivity index (χ4n) is 2.67. The van der Waals surface area contributed by atoms with Gasteiger partial charge < -0.3 is 4.74 Å². The maximum absolute atomic E-state index is 12.7. The van der Waals surface area contributed by atoms with E-state index in [9.17, 15) is 4.79 Å². The molecule has 0 aromatic heterocycles. The smallest absolute Gasteiger partial charge is 0.329 e. The van der Waals surface area contributed by atoms with Gasteiger partial charge in [0.2, 0.25) is 0 Å². The van der Waals surface area contributed by atoms with Crippen LogP contribution in [0.5, 0.6) is 5.75 Å². The van der Waals surface area contributed by atoms with Crippen LogP contribution in [0.15, 0.2) is 48.5 Å². The Kier molecular flexibility index (Phi) is 4.20. The molecule has 22 heavy (non-hydrogen) atoms. The number of alkyl halides is 1. The zero-order chi connectivity index (χ0) is 15.5. The van der Waals surface area contributed by atoms with Crippen molar-refractivity contribution in [2.75, 3.05) is 30.0 Å². The summed E-state index contributed by atoms with van der Waals surface area (Å²) in [6.45, 7) is 1.28. The van der Waals surface area contributed by atoms with Crippen molar-refractivity contribution in [1.82, 2.24) is 0 Å². The Labute approximate surface area is 134 Å². The van der Waals surface area contributed by atoms with E-state index in [0.717, 1.165) is 22.7 Å². The van der Waals surface area contributed by atoms with Gasteiger partial charge in [-0.1, -0.05) is 24.3 Å². The summed E-state index contributed by atoms with van der Waals surface area (Å²) in [5, 5.41) is 0. The highest BCUT2D eigenvalue weighted by atomic mass is 35.5. The summed E-state index contributed by atoms with van der Waals surface area (Å²) < 4.78 is 5.23. The number of benzene rings is 2. The van der Waals surface area contributed by atoms with Gasteiger partial charge in [0.15, 0.2) is 0 Å². The number of para-hydroxylation sites is 1. The van der Waals surface area contributed by atoms with E-state index in [4.69, 9.17) is 16.3 Å². The summed E-state index contributed by atoms with van der Waals surface area (Å²) in [5.41, 5.74) is 2.69. The fourth-order valence-corrected chi connectivity index (χ4v) is 2.89. The van der Waals surface area contributed by atoms with Gasteiger partial charge in [-0.15, -0.1) is 11.6 Å². The zero-order valence-electron chi connectivity index (χ0n) is 12.3. The minimum Gasteiger partial charge on any atom is -0.497 e. The normalized spacial score (nSPS) is 14.5. The minimum atomic E-state index is -0.0363. The predicted octanol–water partition coefficient (Wildman–Crippen LogP) is 3.88. The maximum Gasteiger partial charge on any atom is 0.329 e. The van der Waals surface area contributed by atoms with Crippen molar-refractivity contribution >= 4 is 29.0 Å². The van der Waals surface area contributed by atoms with Crippen molar-refractivity contribution in [2.24, 2.45) is 0 Å². The van der Waals surface area contributed by atoms with Crippen molar-refractivity contribution in [3.63, 3.8) is 0 Å². The minimum absolute atomic E-state index is 0.0363. The Morgan fingerprint density at radius 1 is 1.09 bits per heavy atom. The lowest BCUT2D eigenvalue weighted by Gasteiger charge is -2.21. The Morgan fingerprint density at radius 2 is 1.86 bits per heavy atom. The molecule has 1 saturated heterocycles. The third-order valence-corrected chi connectivity index (χ3v) is 4.09. The number of carbonyl (C=O) groups excluding carboxylic acids is 1. The lowest BCUT2D eigenvalue weighted by atomic mass is 10.2. The summed E-state index contributed by atoms with van der Waals surface area (Å²) in [7, 11) is 1.62. The van der Waals surface area contributed by atoms with Gasteiger partial charge in [-0.25, -0.2) is 4.79 Å². The van der Waals surface area contributed by atoms with Crippen molar-refractivity contribution in [3.8, 4) is 5.75 Å². The molecule has 2 aromatic carbocycles. The van der Waals surface area contributed by atoms with E-state index in [1.54, 1.807) is 16.9 Å². The number of hydrogen-bond acceptors (Lipinski definition) is 2. The average Bonchev–Trinajstić information content (AvgIpc) is 2.96. The van der Waals surface area contributed by atoms with Crippen LogP contribution in [0.3, 0.4) is 0 Å². The van der Waals surface area contributed by atoms with Crippen LogP contribution in [0.4, 0.5) is 16.2 Å². The van der Waals surface area contributed by atoms with E-state index in [1.807, 2.05) is 48.5 Å². The highest BCUT2D eigenvalue weighted by Crippen LogP contribution is 2.29. The van der Waals surface area contributed by atoms with Crippen LogP contribution in [0.25, 0.3) is 0 Å². The van der Waals surface area contributed by atoms with Gasteiger partial charge in [-0.3, -0.25) is 9.80 Å². The highest BCUT2D eigenvalue weighted by molar-refractivity contribution is 6.18. The molecule has 0 bridgehead atoms. The van der Waals surface area contributed by atoms with Gasteiger partial charge in [0.05, 0.1) is 7.11 Å². The molecule has 1 aliphatic heterocycles. The first-order chi connectivity index (χ1) is 10.7. The third kappa shape index (κ3) is 2.62. The van der Waals surface area contributed by atoms with Crippen LogP contribution in [0.1, 0.15) is 5.56 Å². The fraction of sp³-hybridized carbons (Fsp3) is 0.235. The molecule has 1 aliphatic rings. The molecule has 0 saturated carbocycles. The SMILES string of the molecule is COc1cccc(N2CCN(c3ccccc3CCl)C2=O)c1. The molecule has 5 heteroatoms. The number of halogens is 1. The number of methoxy groups -OCH3 is 1.